The maximum absolute atomic E-state index is 5.54. The van der Waals surface area contributed by atoms with Gasteiger partial charge in [0.2, 0.25) is 0 Å². The van der Waals surface area contributed by atoms with Gasteiger partial charge in [-0.1, -0.05) is 12.1 Å². The molecule has 1 aromatic carbocycles. The molecule has 1 aliphatic heterocycles. The third-order valence-electron chi connectivity index (χ3n) is 5.99. The first kappa shape index (κ1) is 23.3. The first-order chi connectivity index (χ1) is 13.2. The number of halogens is 1. The third kappa shape index (κ3) is 6.51. The van der Waals surface area contributed by atoms with Gasteiger partial charge in [-0.2, -0.15) is 0 Å². The fourth-order valence-electron chi connectivity index (χ4n) is 3.85. The molecule has 0 radical (unpaired) electrons. The van der Waals surface area contributed by atoms with Crippen molar-refractivity contribution >= 4 is 35.6 Å². The van der Waals surface area contributed by atoms with Crippen molar-refractivity contribution in [3.05, 3.63) is 29.8 Å². The van der Waals surface area contributed by atoms with Gasteiger partial charge in [-0.15, -0.1) is 24.0 Å². The molecule has 28 heavy (non-hydrogen) atoms. The summed E-state index contributed by atoms with van der Waals surface area (Å²) in [5.74, 6) is 0.886. The monoisotopic (exact) mass is 500 g/mol. The summed E-state index contributed by atoms with van der Waals surface area (Å²) in [6.45, 7) is 9.27. The Morgan fingerprint density at radius 3 is 2.68 bits per heavy atom. The summed E-state index contributed by atoms with van der Waals surface area (Å²) in [5.41, 5.74) is 3.06. The molecule has 1 heterocycles. The van der Waals surface area contributed by atoms with Crippen molar-refractivity contribution in [2.24, 2.45) is 10.4 Å². The molecule has 2 N–H and O–H groups in total. The summed E-state index contributed by atoms with van der Waals surface area (Å²) in [5, 5.41) is 7.10. The zero-order valence-corrected chi connectivity index (χ0v) is 20.0. The van der Waals surface area contributed by atoms with Crippen molar-refractivity contribution in [3.8, 4) is 0 Å². The number of aliphatic imine (C=N–C) groups is 1. The van der Waals surface area contributed by atoms with Crippen LogP contribution in [0.25, 0.3) is 0 Å². The molecular formula is C22H37IN4O. The van der Waals surface area contributed by atoms with E-state index in [2.05, 4.69) is 58.6 Å². The molecule has 2 aliphatic rings. The van der Waals surface area contributed by atoms with Crippen LogP contribution >= 0.6 is 24.0 Å². The van der Waals surface area contributed by atoms with Gasteiger partial charge in [0.05, 0.1) is 6.04 Å². The fraction of sp³-hybridized carbons (Fsp3) is 0.682. The van der Waals surface area contributed by atoms with Crippen LogP contribution in [0, 0.1) is 5.41 Å². The van der Waals surface area contributed by atoms with E-state index in [-0.39, 0.29) is 30.0 Å². The van der Waals surface area contributed by atoms with Crippen LogP contribution in [0.15, 0.2) is 29.3 Å². The van der Waals surface area contributed by atoms with E-state index in [1.807, 2.05) is 7.05 Å². The second-order valence-electron chi connectivity index (χ2n) is 8.03. The van der Waals surface area contributed by atoms with Crippen LogP contribution in [0.4, 0.5) is 5.69 Å². The van der Waals surface area contributed by atoms with Crippen LogP contribution in [-0.4, -0.2) is 45.9 Å². The highest BCUT2D eigenvalue weighted by Gasteiger charge is 2.42. The van der Waals surface area contributed by atoms with E-state index >= 15 is 0 Å². The number of rotatable bonds is 9. The summed E-state index contributed by atoms with van der Waals surface area (Å²) in [6, 6.07) is 9.14. The molecule has 3 rings (SSSR count). The van der Waals surface area contributed by atoms with Crippen LogP contribution in [0.1, 0.15) is 57.6 Å². The first-order valence-corrected chi connectivity index (χ1v) is 10.6. The molecule has 1 atom stereocenters. The number of nitrogens with one attached hydrogen (secondary N) is 2. The van der Waals surface area contributed by atoms with Gasteiger partial charge in [0.15, 0.2) is 5.96 Å². The Morgan fingerprint density at radius 2 is 2.04 bits per heavy atom. The van der Waals surface area contributed by atoms with Gasteiger partial charge in [0.25, 0.3) is 0 Å². The lowest BCUT2D eigenvalue weighted by Gasteiger charge is -2.23. The summed E-state index contributed by atoms with van der Waals surface area (Å²) in [4.78, 5) is 6.92. The SMILES string of the molecule is CCOCCC1(CNC(=NC)NC(C)c2cccc(N3CCCC3)c2)CC1.I. The lowest BCUT2D eigenvalue weighted by atomic mass is 10.0. The Morgan fingerprint density at radius 1 is 1.29 bits per heavy atom. The van der Waals surface area contributed by atoms with Crippen LogP contribution in [-0.2, 0) is 4.74 Å². The van der Waals surface area contributed by atoms with Crippen LogP contribution in [0.5, 0.6) is 0 Å². The van der Waals surface area contributed by atoms with Crippen molar-refractivity contribution in [3.63, 3.8) is 0 Å². The lowest BCUT2D eigenvalue weighted by molar-refractivity contribution is 0.128. The highest BCUT2D eigenvalue weighted by Crippen LogP contribution is 2.48. The van der Waals surface area contributed by atoms with Crippen molar-refractivity contribution in [1.82, 2.24) is 10.6 Å². The normalized spacial score (nSPS) is 19.1. The Hall–Kier alpha value is -1.02. The summed E-state index contributed by atoms with van der Waals surface area (Å²) < 4.78 is 5.54. The van der Waals surface area contributed by atoms with Crippen LogP contribution in [0.2, 0.25) is 0 Å². The molecule has 5 nitrogen and oxygen atoms in total. The topological polar surface area (TPSA) is 48.9 Å². The zero-order valence-electron chi connectivity index (χ0n) is 17.7. The number of anilines is 1. The maximum atomic E-state index is 5.54. The molecule has 0 spiro atoms. The molecule has 1 unspecified atom stereocenters. The average molecular weight is 500 g/mol. The highest BCUT2D eigenvalue weighted by atomic mass is 127. The van der Waals surface area contributed by atoms with Gasteiger partial charge >= 0.3 is 0 Å². The van der Waals surface area contributed by atoms with E-state index in [1.54, 1.807) is 0 Å². The van der Waals surface area contributed by atoms with Crippen molar-refractivity contribution < 1.29 is 4.74 Å². The number of nitrogens with zero attached hydrogens (tertiary/aromatic N) is 2. The predicted molar refractivity (Wildman–Crippen MR) is 129 cm³/mol. The van der Waals surface area contributed by atoms with Crippen molar-refractivity contribution in [2.75, 3.05) is 44.8 Å². The lowest BCUT2D eigenvalue weighted by Crippen LogP contribution is -2.41. The molecule has 0 aromatic heterocycles. The molecule has 1 saturated carbocycles. The first-order valence-electron chi connectivity index (χ1n) is 10.6. The standard InChI is InChI=1S/C22H36N4O.HI/c1-4-27-15-12-22(10-11-22)17-24-21(23-3)25-18(2)19-8-7-9-20(16-19)26-13-5-6-14-26;/h7-9,16,18H,4-6,10-15,17H2,1-3H3,(H2,23,24,25);1H. The highest BCUT2D eigenvalue weighted by molar-refractivity contribution is 14.0. The van der Waals surface area contributed by atoms with Crippen molar-refractivity contribution in [2.45, 2.75) is 52.0 Å². The minimum atomic E-state index is 0. The smallest absolute Gasteiger partial charge is 0.191 e. The van der Waals surface area contributed by atoms with Gasteiger partial charge < -0.3 is 20.3 Å². The summed E-state index contributed by atoms with van der Waals surface area (Å²) in [7, 11) is 1.85. The maximum Gasteiger partial charge on any atom is 0.191 e. The molecule has 0 amide bonds. The number of hydrogen-bond acceptors (Lipinski definition) is 3. The number of ether oxygens (including phenoxy) is 1. The largest absolute Gasteiger partial charge is 0.382 e. The summed E-state index contributed by atoms with van der Waals surface area (Å²) in [6.07, 6.45) is 6.33. The Kier molecular flexibility index (Phi) is 9.34. The van der Waals surface area contributed by atoms with Gasteiger partial charge in [-0.3, -0.25) is 4.99 Å². The summed E-state index contributed by atoms with van der Waals surface area (Å²) >= 11 is 0. The number of guanidine groups is 1. The second-order valence-corrected chi connectivity index (χ2v) is 8.03. The molecule has 6 heteroatoms. The van der Waals surface area contributed by atoms with E-state index in [0.717, 1.165) is 32.1 Å². The average Bonchev–Trinajstić information content (AvgIpc) is 3.24. The van der Waals surface area contributed by atoms with Crippen LogP contribution < -0.4 is 15.5 Å². The Balaban J connectivity index is 0.00000280. The minimum Gasteiger partial charge on any atom is -0.382 e. The molecule has 2 fully saturated rings. The molecule has 1 aromatic rings. The van der Waals surface area contributed by atoms with Crippen LogP contribution in [0.3, 0.4) is 0 Å². The van der Waals surface area contributed by atoms with Gasteiger partial charge in [-0.05, 0) is 69.1 Å². The minimum absolute atomic E-state index is 0. The fourth-order valence-corrected chi connectivity index (χ4v) is 3.85. The quantitative estimate of drug-likeness (QED) is 0.229. The molecule has 1 aliphatic carbocycles. The zero-order chi connectivity index (χ0) is 19.1. The third-order valence-corrected chi connectivity index (χ3v) is 5.99. The Bertz CT molecular complexity index is 627. The second kappa shape index (κ2) is 11.2. The number of benzene rings is 1. The van der Waals surface area contributed by atoms with Gasteiger partial charge in [0.1, 0.15) is 0 Å². The van der Waals surface area contributed by atoms with E-state index in [9.17, 15) is 0 Å². The number of hydrogen-bond donors (Lipinski definition) is 2. The molecule has 158 valence electrons. The van der Waals surface area contributed by atoms with E-state index in [4.69, 9.17) is 4.74 Å². The van der Waals surface area contributed by atoms with E-state index in [0.29, 0.717) is 5.41 Å². The Labute approximate surface area is 187 Å². The molecule has 0 bridgehead atoms. The van der Waals surface area contributed by atoms with Gasteiger partial charge in [-0.25, -0.2) is 0 Å². The molecule has 1 saturated heterocycles. The van der Waals surface area contributed by atoms with Gasteiger partial charge in [0, 0.05) is 45.6 Å². The van der Waals surface area contributed by atoms with E-state index in [1.165, 1.54) is 50.0 Å². The molecular weight excluding hydrogens is 463 g/mol. The predicted octanol–water partition coefficient (Wildman–Crippen LogP) is 4.34. The van der Waals surface area contributed by atoms with E-state index < -0.39 is 0 Å². The van der Waals surface area contributed by atoms with Crippen molar-refractivity contribution in [1.29, 1.82) is 0 Å².